The van der Waals surface area contributed by atoms with Crippen molar-refractivity contribution in [3.8, 4) is 11.5 Å². The number of phenols is 1. The van der Waals surface area contributed by atoms with E-state index >= 15 is 0 Å². The molecule has 2 aliphatic heterocycles. The number of ether oxygens (including phenoxy) is 1. The Morgan fingerprint density at radius 3 is 2.68 bits per heavy atom. The topological polar surface area (TPSA) is 58.2 Å². The van der Waals surface area contributed by atoms with Crippen LogP contribution in [0.15, 0.2) is 76.4 Å². The molecule has 3 heterocycles. The number of aromatic hydroxyl groups is 1. The predicted molar refractivity (Wildman–Crippen MR) is 92.4 cm³/mol. The fraction of sp³-hybridized carbons (Fsp3) is 0.150. The highest BCUT2D eigenvalue weighted by Crippen LogP contribution is 2.47. The average Bonchev–Trinajstić information content (AvgIpc) is 3.31. The first kappa shape index (κ1) is 14.2. The number of hydrogen-bond acceptors (Lipinski definition) is 5. The number of benzene rings is 2. The predicted octanol–water partition coefficient (Wildman–Crippen LogP) is 4.23. The minimum absolute atomic E-state index is 0.0506. The van der Waals surface area contributed by atoms with Crippen molar-refractivity contribution in [2.24, 2.45) is 5.10 Å². The van der Waals surface area contributed by atoms with Gasteiger partial charge in [-0.05, 0) is 30.3 Å². The van der Waals surface area contributed by atoms with Gasteiger partial charge in [-0.25, -0.2) is 5.01 Å². The fourth-order valence-electron chi connectivity index (χ4n) is 3.53. The molecular formula is C20H16N2O3. The van der Waals surface area contributed by atoms with Crippen LogP contribution in [0, 0.1) is 0 Å². The van der Waals surface area contributed by atoms with E-state index < -0.39 is 6.23 Å². The van der Waals surface area contributed by atoms with Gasteiger partial charge in [0.2, 0.25) is 6.23 Å². The van der Waals surface area contributed by atoms with Crippen LogP contribution in [0.1, 0.15) is 35.6 Å². The van der Waals surface area contributed by atoms with Crippen molar-refractivity contribution in [3.63, 3.8) is 0 Å². The summed E-state index contributed by atoms with van der Waals surface area (Å²) in [5.74, 6) is 1.80. The molecule has 0 bridgehead atoms. The van der Waals surface area contributed by atoms with Crippen molar-refractivity contribution in [1.29, 1.82) is 0 Å². The van der Waals surface area contributed by atoms with Gasteiger partial charge in [-0.15, -0.1) is 0 Å². The molecule has 2 aliphatic rings. The Hall–Kier alpha value is -3.21. The number of fused-ring (bicyclic) bond motifs is 3. The van der Waals surface area contributed by atoms with Gasteiger partial charge in [0.1, 0.15) is 11.5 Å². The van der Waals surface area contributed by atoms with E-state index in [1.54, 1.807) is 12.3 Å². The standard InChI is InChI=1S/C20H16N2O3/c23-17-8-3-1-6-13(17)15-12-16-14-7-2-4-9-18(14)25-20(22(16)21-15)19-10-5-11-24-19/h1-11,16,20,23H,12H2/t16-,20-/m0/s1. The summed E-state index contributed by atoms with van der Waals surface area (Å²) in [7, 11) is 0. The molecule has 5 heteroatoms. The maximum absolute atomic E-state index is 10.2. The second-order valence-corrected chi connectivity index (χ2v) is 6.19. The fourth-order valence-corrected chi connectivity index (χ4v) is 3.53. The lowest BCUT2D eigenvalue weighted by Crippen LogP contribution is -2.33. The minimum atomic E-state index is -0.418. The summed E-state index contributed by atoms with van der Waals surface area (Å²) in [6.07, 6.45) is 1.92. The molecular weight excluding hydrogens is 316 g/mol. The Bertz CT molecular complexity index is 949. The third-order valence-corrected chi connectivity index (χ3v) is 4.70. The van der Waals surface area contributed by atoms with Crippen LogP contribution in [-0.4, -0.2) is 15.8 Å². The molecule has 5 nitrogen and oxygen atoms in total. The molecule has 0 fully saturated rings. The lowest BCUT2D eigenvalue weighted by Gasteiger charge is -2.36. The summed E-state index contributed by atoms with van der Waals surface area (Å²) in [5, 5.41) is 16.9. The second-order valence-electron chi connectivity index (χ2n) is 6.19. The molecule has 2 aromatic carbocycles. The summed E-state index contributed by atoms with van der Waals surface area (Å²) < 4.78 is 11.7. The zero-order chi connectivity index (χ0) is 16.8. The number of phenolic OH excluding ortho intramolecular Hbond substituents is 1. The van der Waals surface area contributed by atoms with Gasteiger partial charge in [0.15, 0.2) is 5.76 Å². The Balaban J connectivity index is 1.62. The second kappa shape index (κ2) is 5.41. The maximum atomic E-state index is 10.2. The van der Waals surface area contributed by atoms with Gasteiger partial charge < -0.3 is 14.3 Å². The van der Waals surface area contributed by atoms with Crippen LogP contribution < -0.4 is 4.74 Å². The van der Waals surface area contributed by atoms with E-state index in [0.717, 1.165) is 22.6 Å². The molecule has 0 saturated heterocycles. The van der Waals surface area contributed by atoms with Gasteiger partial charge >= 0.3 is 0 Å². The van der Waals surface area contributed by atoms with Crippen LogP contribution in [-0.2, 0) is 0 Å². The summed E-state index contributed by atoms with van der Waals surface area (Å²) in [4.78, 5) is 0. The van der Waals surface area contributed by atoms with Gasteiger partial charge in [0.05, 0.1) is 18.0 Å². The Morgan fingerprint density at radius 2 is 1.84 bits per heavy atom. The van der Waals surface area contributed by atoms with E-state index in [-0.39, 0.29) is 11.8 Å². The molecule has 0 saturated carbocycles. The van der Waals surface area contributed by atoms with Gasteiger partial charge in [-0.1, -0.05) is 30.3 Å². The highest BCUT2D eigenvalue weighted by molar-refractivity contribution is 6.04. The minimum Gasteiger partial charge on any atom is -0.507 e. The third kappa shape index (κ3) is 2.20. The molecule has 124 valence electrons. The lowest BCUT2D eigenvalue weighted by atomic mass is 9.96. The zero-order valence-electron chi connectivity index (χ0n) is 13.4. The molecule has 3 aromatic rings. The summed E-state index contributed by atoms with van der Waals surface area (Å²) in [5.41, 5.74) is 2.70. The highest BCUT2D eigenvalue weighted by Gasteiger charge is 2.42. The quantitative estimate of drug-likeness (QED) is 0.763. The number of hydrogen-bond donors (Lipinski definition) is 1. The van der Waals surface area contributed by atoms with Crippen molar-refractivity contribution < 1.29 is 14.3 Å². The van der Waals surface area contributed by atoms with Crippen LogP contribution in [0.3, 0.4) is 0 Å². The van der Waals surface area contributed by atoms with Crippen LogP contribution in [0.2, 0.25) is 0 Å². The molecule has 2 atom stereocenters. The number of hydrazone groups is 1. The first-order chi connectivity index (χ1) is 12.3. The van der Waals surface area contributed by atoms with E-state index in [1.807, 2.05) is 53.5 Å². The van der Waals surface area contributed by atoms with Crippen molar-refractivity contribution in [1.82, 2.24) is 5.01 Å². The molecule has 0 aliphatic carbocycles. The Morgan fingerprint density at radius 1 is 1.00 bits per heavy atom. The smallest absolute Gasteiger partial charge is 0.246 e. The van der Waals surface area contributed by atoms with E-state index in [1.165, 1.54) is 0 Å². The number of furan rings is 1. The Kier molecular flexibility index (Phi) is 3.06. The van der Waals surface area contributed by atoms with Gasteiger partial charge in [-0.2, -0.15) is 5.10 Å². The van der Waals surface area contributed by atoms with Crippen LogP contribution in [0.5, 0.6) is 11.5 Å². The molecule has 0 unspecified atom stereocenters. The summed E-state index contributed by atoms with van der Waals surface area (Å²) in [6, 6.07) is 19.1. The van der Waals surface area contributed by atoms with Crippen LogP contribution in [0.4, 0.5) is 0 Å². The summed E-state index contributed by atoms with van der Waals surface area (Å²) >= 11 is 0. The monoisotopic (exact) mass is 332 g/mol. The normalized spacial score (nSPS) is 21.3. The van der Waals surface area contributed by atoms with E-state index in [9.17, 15) is 5.11 Å². The molecule has 5 rings (SSSR count). The molecule has 1 N–H and O–H groups in total. The molecule has 25 heavy (non-hydrogen) atoms. The van der Waals surface area contributed by atoms with Crippen molar-refractivity contribution >= 4 is 5.71 Å². The maximum Gasteiger partial charge on any atom is 0.246 e. The van der Waals surface area contributed by atoms with Crippen molar-refractivity contribution in [2.45, 2.75) is 18.7 Å². The van der Waals surface area contributed by atoms with Gasteiger partial charge in [0.25, 0.3) is 0 Å². The first-order valence-corrected chi connectivity index (χ1v) is 8.24. The molecule has 0 amide bonds. The van der Waals surface area contributed by atoms with Gasteiger partial charge in [0, 0.05) is 17.5 Å². The SMILES string of the molecule is Oc1ccccc1C1=NN2[C@@H](C1)c1ccccc1O[C@H]2c1ccco1. The molecule has 0 spiro atoms. The van der Waals surface area contributed by atoms with E-state index in [4.69, 9.17) is 14.3 Å². The highest BCUT2D eigenvalue weighted by atomic mass is 16.5. The number of para-hydroxylation sites is 2. The van der Waals surface area contributed by atoms with Crippen LogP contribution in [0.25, 0.3) is 0 Å². The van der Waals surface area contributed by atoms with Crippen LogP contribution >= 0.6 is 0 Å². The Labute approximate surface area is 144 Å². The third-order valence-electron chi connectivity index (χ3n) is 4.70. The van der Waals surface area contributed by atoms with Crippen molar-refractivity contribution in [2.75, 3.05) is 0 Å². The molecule has 0 radical (unpaired) electrons. The number of rotatable bonds is 2. The summed E-state index contributed by atoms with van der Waals surface area (Å²) in [6.45, 7) is 0. The van der Waals surface area contributed by atoms with Crippen molar-refractivity contribution in [3.05, 3.63) is 83.8 Å². The van der Waals surface area contributed by atoms with E-state index in [2.05, 4.69) is 6.07 Å². The van der Waals surface area contributed by atoms with E-state index in [0.29, 0.717) is 12.2 Å². The van der Waals surface area contributed by atoms with Gasteiger partial charge in [-0.3, -0.25) is 0 Å². The molecule has 1 aromatic heterocycles. The average molecular weight is 332 g/mol. The largest absolute Gasteiger partial charge is 0.507 e. The lowest BCUT2D eigenvalue weighted by molar-refractivity contribution is -0.0325. The zero-order valence-corrected chi connectivity index (χ0v) is 13.4. The number of nitrogens with zero attached hydrogens (tertiary/aromatic N) is 2. The first-order valence-electron chi connectivity index (χ1n) is 8.24.